The van der Waals surface area contributed by atoms with Gasteiger partial charge in [-0.1, -0.05) is 11.6 Å². The summed E-state index contributed by atoms with van der Waals surface area (Å²) in [5, 5.41) is 8.91. The molecule has 1 N–H and O–H groups in total. The van der Waals surface area contributed by atoms with E-state index in [1.807, 2.05) is 0 Å². The molecule has 0 atom stereocenters. The van der Waals surface area contributed by atoms with Crippen molar-refractivity contribution in [1.82, 2.24) is 0 Å². The van der Waals surface area contributed by atoms with Crippen molar-refractivity contribution in [3.05, 3.63) is 22.5 Å². The van der Waals surface area contributed by atoms with Gasteiger partial charge >= 0.3 is 0 Å². The van der Waals surface area contributed by atoms with E-state index in [0.29, 0.717) is 0 Å². The Bertz CT molecular complexity index is 390. The van der Waals surface area contributed by atoms with Crippen LogP contribution < -0.4 is 4.74 Å². The third kappa shape index (κ3) is 1.65. The van der Waals surface area contributed by atoms with Crippen molar-refractivity contribution in [2.75, 3.05) is 7.11 Å². The Labute approximate surface area is 85.1 Å². The van der Waals surface area contributed by atoms with Gasteiger partial charge in [-0.15, -0.1) is 0 Å². The molecule has 1 aromatic rings. The van der Waals surface area contributed by atoms with Crippen LogP contribution >= 0.6 is 11.6 Å². The number of halogens is 2. The SMILES string of the molecule is COc1c(C(C)=O)cc(Cl)c(O)c1F. The molecule has 0 saturated carbocycles. The summed E-state index contributed by atoms with van der Waals surface area (Å²) >= 11 is 5.49. The molecule has 14 heavy (non-hydrogen) atoms. The molecule has 0 heterocycles. The second-order valence-corrected chi connectivity index (χ2v) is 3.07. The van der Waals surface area contributed by atoms with Crippen LogP contribution in [0.4, 0.5) is 4.39 Å². The highest BCUT2D eigenvalue weighted by molar-refractivity contribution is 6.32. The average Bonchev–Trinajstić information content (AvgIpc) is 2.13. The number of aromatic hydroxyl groups is 1. The molecule has 0 aliphatic carbocycles. The number of methoxy groups -OCH3 is 1. The van der Waals surface area contributed by atoms with Gasteiger partial charge in [-0.05, 0) is 13.0 Å². The van der Waals surface area contributed by atoms with Gasteiger partial charge in [0.15, 0.2) is 17.3 Å². The van der Waals surface area contributed by atoms with Gasteiger partial charge in [-0.2, -0.15) is 4.39 Å². The van der Waals surface area contributed by atoms with E-state index >= 15 is 0 Å². The maximum Gasteiger partial charge on any atom is 0.208 e. The van der Waals surface area contributed by atoms with Crippen molar-refractivity contribution in [1.29, 1.82) is 0 Å². The molecule has 0 unspecified atom stereocenters. The minimum atomic E-state index is -1.02. The smallest absolute Gasteiger partial charge is 0.208 e. The molecule has 0 saturated heterocycles. The number of rotatable bonds is 2. The van der Waals surface area contributed by atoms with E-state index in [2.05, 4.69) is 4.74 Å². The monoisotopic (exact) mass is 218 g/mol. The quantitative estimate of drug-likeness (QED) is 0.776. The number of ketones is 1. The summed E-state index contributed by atoms with van der Waals surface area (Å²) in [5.74, 6) is -2.42. The summed E-state index contributed by atoms with van der Waals surface area (Å²) in [6, 6.07) is 1.17. The Morgan fingerprint density at radius 3 is 2.64 bits per heavy atom. The van der Waals surface area contributed by atoms with Crippen LogP contribution in [0.2, 0.25) is 5.02 Å². The lowest BCUT2D eigenvalue weighted by Crippen LogP contribution is -2.00. The highest BCUT2D eigenvalue weighted by Crippen LogP contribution is 2.36. The van der Waals surface area contributed by atoms with Gasteiger partial charge in [-0.25, -0.2) is 0 Å². The van der Waals surface area contributed by atoms with E-state index in [0.717, 1.165) is 0 Å². The zero-order valence-corrected chi connectivity index (χ0v) is 8.35. The van der Waals surface area contributed by atoms with E-state index in [1.165, 1.54) is 20.1 Å². The first-order chi connectivity index (χ1) is 6.49. The standard InChI is InChI=1S/C9H8ClFO3/c1-4(12)5-3-6(10)8(13)7(11)9(5)14-2/h3,13H,1-2H3. The predicted molar refractivity (Wildman–Crippen MR) is 49.6 cm³/mol. The maximum atomic E-state index is 13.3. The predicted octanol–water partition coefficient (Wildman–Crippen LogP) is 2.40. The fourth-order valence-electron chi connectivity index (χ4n) is 1.05. The molecule has 0 aliphatic rings. The first-order valence-corrected chi connectivity index (χ1v) is 4.12. The molecule has 5 heteroatoms. The van der Waals surface area contributed by atoms with E-state index < -0.39 is 11.6 Å². The summed E-state index contributed by atoms with van der Waals surface area (Å²) in [6.07, 6.45) is 0. The summed E-state index contributed by atoms with van der Waals surface area (Å²) in [6.45, 7) is 1.25. The molecule has 0 amide bonds. The van der Waals surface area contributed by atoms with Gasteiger partial charge in [0.1, 0.15) is 0 Å². The Balaban J connectivity index is 3.51. The van der Waals surface area contributed by atoms with E-state index in [1.54, 1.807) is 0 Å². The van der Waals surface area contributed by atoms with Crippen LogP contribution in [0, 0.1) is 5.82 Å². The van der Waals surface area contributed by atoms with Gasteiger partial charge < -0.3 is 9.84 Å². The maximum absolute atomic E-state index is 13.3. The zero-order chi connectivity index (χ0) is 10.9. The number of carbonyl (C=O) groups is 1. The van der Waals surface area contributed by atoms with Gasteiger partial charge in [0, 0.05) is 0 Å². The summed E-state index contributed by atoms with van der Waals surface area (Å²) in [4.78, 5) is 11.1. The lowest BCUT2D eigenvalue weighted by molar-refractivity contribution is 0.101. The van der Waals surface area contributed by atoms with Gasteiger partial charge in [-0.3, -0.25) is 4.79 Å². The highest BCUT2D eigenvalue weighted by atomic mass is 35.5. The van der Waals surface area contributed by atoms with Crippen molar-refractivity contribution >= 4 is 17.4 Å². The van der Waals surface area contributed by atoms with Crippen LogP contribution in [-0.2, 0) is 0 Å². The van der Waals surface area contributed by atoms with Crippen molar-refractivity contribution in [3.63, 3.8) is 0 Å². The second-order valence-electron chi connectivity index (χ2n) is 2.66. The van der Waals surface area contributed by atoms with Crippen LogP contribution in [0.3, 0.4) is 0 Å². The Morgan fingerprint density at radius 2 is 2.21 bits per heavy atom. The number of hydrogen-bond acceptors (Lipinski definition) is 3. The molecule has 0 aromatic heterocycles. The summed E-state index contributed by atoms with van der Waals surface area (Å²) in [5.41, 5.74) is 0.00722. The normalized spacial score (nSPS) is 10.0. The fraction of sp³-hybridized carbons (Fsp3) is 0.222. The van der Waals surface area contributed by atoms with Crippen LogP contribution in [0.1, 0.15) is 17.3 Å². The molecular formula is C9H8ClFO3. The van der Waals surface area contributed by atoms with E-state index in [-0.39, 0.29) is 22.1 Å². The van der Waals surface area contributed by atoms with Crippen LogP contribution in [0.5, 0.6) is 11.5 Å². The molecule has 0 spiro atoms. The highest BCUT2D eigenvalue weighted by Gasteiger charge is 2.19. The van der Waals surface area contributed by atoms with Crippen LogP contribution in [0.25, 0.3) is 0 Å². The van der Waals surface area contributed by atoms with Crippen molar-refractivity contribution in [2.24, 2.45) is 0 Å². The number of ether oxygens (including phenoxy) is 1. The minimum absolute atomic E-state index is 0.00722. The largest absolute Gasteiger partial charge is 0.504 e. The first kappa shape index (κ1) is 10.8. The number of phenols is 1. The molecule has 0 bridgehead atoms. The lowest BCUT2D eigenvalue weighted by Gasteiger charge is -2.09. The molecule has 1 rings (SSSR count). The molecule has 76 valence electrons. The second kappa shape index (κ2) is 3.84. The summed E-state index contributed by atoms with van der Waals surface area (Å²) in [7, 11) is 1.21. The number of carbonyl (C=O) groups excluding carboxylic acids is 1. The molecule has 0 aliphatic heterocycles. The lowest BCUT2D eigenvalue weighted by atomic mass is 10.1. The summed E-state index contributed by atoms with van der Waals surface area (Å²) < 4.78 is 17.9. The molecule has 3 nitrogen and oxygen atoms in total. The fourth-order valence-corrected chi connectivity index (χ4v) is 1.24. The number of Topliss-reactive ketones (excluding diaryl/α,β-unsaturated/α-hetero) is 1. The molecular weight excluding hydrogens is 211 g/mol. The van der Waals surface area contributed by atoms with Crippen LogP contribution in [0.15, 0.2) is 6.07 Å². The molecule has 1 aromatic carbocycles. The zero-order valence-electron chi connectivity index (χ0n) is 7.60. The van der Waals surface area contributed by atoms with Crippen molar-refractivity contribution < 1.29 is 19.0 Å². The van der Waals surface area contributed by atoms with E-state index in [9.17, 15) is 9.18 Å². The Morgan fingerprint density at radius 1 is 1.64 bits per heavy atom. The third-order valence-corrected chi connectivity index (χ3v) is 2.02. The Kier molecular flexibility index (Phi) is 2.96. The van der Waals surface area contributed by atoms with E-state index in [4.69, 9.17) is 16.7 Å². The molecule has 0 radical (unpaired) electrons. The number of hydrogen-bond donors (Lipinski definition) is 1. The Hall–Kier alpha value is -1.29. The number of phenolic OH excluding ortho intramolecular Hbond substituents is 1. The minimum Gasteiger partial charge on any atom is -0.504 e. The molecule has 0 fully saturated rings. The average molecular weight is 219 g/mol. The van der Waals surface area contributed by atoms with Crippen LogP contribution in [-0.4, -0.2) is 18.0 Å². The number of benzene rings is 1. The topological polar surface area (TPSA) is 46.5 Å². The first-order valence-electron chi connectivity index (χ1n) is 3.75. The third-order valence-electron chi connectivity index (χ3n) is 1.73. The van der Waals surface area contributed by atoms with Gasteiger partial charge in [0.25, 0.3) is 0 Å². The van der Waals surface area contributed by atoms with Crippen molar-refractivity contribution in [2.45, 2.75) is 6.92 Å². The van der Waals surface area contributed by atoms with Gasteiger partial charge in [0.05, 0.1) is 17.7 Å². The van der Waals surface area contributed by atoms with Crippen molar-refractivity contribution in [3.8, 4) is 11.5 Å². The van der Waals surface area contributed by atoms with Gasteiger partial charge in [0.2, 0.25) is 5.82 Å².